The van der Waals surface area contributed by atoms with Crippen molar-refractivity contribution in [1.82, 2.24) is 0 Å². The van der Waals surface area contributed by atoms with Crippen molar-refractivity contribution in [3.05, 3.63) is 30.3 Å². The van der Waals surface area contributed by atoms with Crippen LogP contribution in [0.5, 0.6) is 5.75 Å². The van der Waals surface area contributed by atoms with Crippen LogP contribution in [0.25, 0.3) is 0 Å². The highest BCUT2D eigenvalue weighted by Gasteiger charge is 2.43. The molecule has 0 radical (unpaired) electrons. The number of esters is 1. The van der Waals surface area contributed by atoms with Crippen LogP contribution in [0.2, 0.25) is 0 Å². The first-order valence-corrected chi connectivity index (χ1v) is 13.9. The Hall–Kier alpha value is -1.36. The summed E-state index contributed by atoms with van der Waals surface area (Å²) in [4.78, 5) is 12.7. The third kappa shape index (κ3) is 7.60. The summed E-state index contributed by atoms with van der Waals surface area (Å²) in [5.74, 6) is -0.255. The molecule has 0 saturated heterocycles. The summed E-state index contributed by atoms with van der Waals surface area (Å²) >= 11 is 0. The lowest BCUT2D eigenvalue weighted by Crippen LogP contribution is -2.31. The predicted octanol–water partition coefficient (Wildman–Crippen LogP) is 6.52. The van der Waals surface area contributed by atoms with Gasteiger partial charge < -0.3 is 18.5 Å². The Kier molecular flexibility index (Phi) is 10.1. The average molecular weight is 467 g/mol. The zero-order valence-electron chi connectivity index (χ0n) is 19.6. The van der Waals surface area contributed by atoms with Crippen LogP contribution in [0.4, 0.5) is 0 Å². The lowest BCUT2D eigenvalue weighted by molar-refractivity contribution is -0.148. The number of rotatable bonds is 11. The normalized spacial score (nSPS) is 20.4. The van der Waals surface area contributed by atoms with Gasteiger partial charge in [0.1, 0.15) is 19.0 Å². The highest BCUT2D eigenvalue weighted by Crippen LogP contribution is 2.59. The fraction of sp³-hybridized carbons (Fsp3) is 0.720. The highest BCUT2D eigenvalue weighted by molar-refractivity contribution is 7.54. The largest absolute Gasteiger partial charge is 0.490 e. The summed E-state index contributed by atoms with van der Waals surface area (Å²) in [6.07, 6.45) is 10.2. The van der Waals surface area contributed by atoms with E-state index in [1.54, 1.807) is 13.8 Å². The predicted molar refractivity (Wildman–Crippen MR) is 125 cm³/mol. The molecule has 2 aliphatic carbocycles. The first kappa shape index (κ1) is 25.3. The van der Waals surface area contributed by atoms with E-state index in [0.29, 0.717) is 0 Å². The van der Waals surface area contributed by atoms with Crippen molar-refractivity contribution >= 4 is 13.6 Å². The first-order valence-electron chi connectivity index (χ1n) is 12.3. The molecule has 2 unspecified atom stereocenters. The van der Waals surface area contributed by atoms with E-state index in [9.17, 15) is 9.36 Å². The Bertz CT molecular complexity index is 703. The van der Waals surface area contributed by atoms with E-state index in [1.807, 2.05) is 30.3 Å². The summed E-state index contributed by atoms with van der Waals surface area (Å²) in [6, 6.07) is 9.41. The molecule has 0 aliphatic heterocycles. The van der Waals surface area contributed by atoms with Crippen molar-refractivity contribution in [3.63, 3.8) is 0 Å². The number of hydrogen-bond donors (Lipinski definition) is 0. The molecular weight excluding hydrogens is 427 g/mol. The van der Waals surface area contributed by atoms with Crippen LogP contribution in [0.3, 0.4) is 0 Å². The van der Waals surface area contributed by atoms with Crippen LogP contribution < -0.4 is 4.74 Å². The zero-order valence-corrected chi connectivity index (χ0v) is 20.5. The summed E-state index contributed by atoms with van der Waals surface area (Å²) in [7, 11) is -3.48. The van der Waals surface area contributed by atoms with Gasteiger partial charge >= 0.3 is 13.6 Å². The van der Waals surface area contributed by atoms with E-state index >= 15 is 0 Å². The van der Waals surface area contributed by atoms with E-state index in [1.165, 1.54) is 12.8 Å². The molecule has 2 fully saturated rings. The Labute approximate surface area is 192 Å². The zero-order chi connectivity index (χ0) is 22.8. The minimum Gasteiger partial charge on any atom is -0.490 e. The number of carbonyl (C=O) groups is 1. The third-order valence-corrected chi connectivity index (χ3v) is 9.26. The van der Waals surface area contributed by atoms with Gasteiger partial charge in [0.15, 0.2) is 0 Å². The summed E-state index contributed by atoms with van der Waals surface area (Å²) < 4.78 is 37.4. The first-order chi connectivity index (χ1) is 15.5. The van der Waals surface area contributed by atoms with Crippen molar-refractivity contribution in [2.45, 2.75) is 95.9 Å². The maximum absolute atomic E-state index is 14.0. The van der Waals surface area contributed by atoms with Gasteiger partial charge in [0.25, 0.3) is 0 Å². The van der Waals surface area contributed by atoms with Gasteiger partial charge in [-0.2, -0.15) is 0 Å². The number of para-hydroxylation sites is 1. The molecule has 0 heterocycles. The average Bonchev–Trinajstić information content (AvgIpc) is 2.82. The number of ether oxygens (including phenoxy) is 2. The Balaban J connectivity index is 1.56. The van der Waals surface area contributed by atoms with Gasteiger partial charge in [0, 0.05) is 0 Å². The smallest absolute Gasteiger partial charge is 0.334 e. The van der Waals surface area contributed by atoms with Gasteiger partial charge in [0.2, 0.25) is 0 Å². The maximum Gasteiger partial charge on any atom is 0.334 e. The molecule has 2 aliphatic rings. The second-order valence-corrected chi connectivity index (χ2v) is 11.4. The molecule has 2 saturated carbocycles. The van der Waals surface area contributed by atoms with Crippen molar-refractivity contribution in [2.24, 2.45) is 5.92 Å². The molecular formula is C25H39O6P. The highest BCUT2D eigenvalue weighted by atomic mass is 31.2. The molecule has 32 heavy (non-hydrogen) atoms. The van der Waals surface area contributed by atoms with Gasteiger partial charge in [-0.25, -0.2) is 0 Å². The minimum atomic E-state index is -3.48. The fourth-order valence-corrected chi connectivity index (χ4v) is 6.75. The van der Waals surface area contributed by atoms with Crippen molar-refractivity contribution < 1.29 is 27.9 Å². The van der Waals surface area contributed by atoms with E-state index in [2.05, 4.69) is 0 Å². The van der Waals surface area contributed by atoms with Gasteiger partial charge in [0.05, 0.1) is 23.8 Å². The molecule has 2 atom stereocenters. The molecule has 1 aromatic carbocycles. The van der Waals surface area contributed by atoms with Crippen molar-refractivity contribution in [2.75, 3.05) is 13.2 Å². The van der Waals surface area contributed by atoms with Gasteiger partial charge in [-0.05, 0) is 37.8 Å². The van der Waals surface area contributed by atoms with Crippen LogP contribution in [-0.4, -0.2) is 37.0 Å². The van der Waals surface area contributed by atoms with Crippen LogP contribution in [0.1, 0.15) is 78.1 Å². The molecule has 0 aromatic heterocycles. The van der Waals surface area contributed by atoms with Crippen molar-refractivity contribution in [1.29, 1.82) is 0 Å². The number of carbonyl (C=O) groups excluding carboxylic acids is 1. The second-order valence-electron chi connectivity index (χ2n) is 9.13. The quantitative estimate of drug-likeness (QED) is 0.210. The second kappa shape index (κ2) is 12.8. The van der Waals surface area contributed by atoms with Gasteiger partial charge in [-0.1, -0.05) is 70.6 Å². The maximum atomic E-state index is 14.0. The Morgan fingerprint density at radius 2 is 1.41 bits per heavy atom. The fourth-order valence-electron chi connectivity index (χ4n) is 4.39. The van der Waals surface area contributed by atoms with Crippen molar-refractivity contribution in [3.8, 4) is 5.75 Å². The molecule has 7 heteroatoms. The number of hydrogen-bond acceptors (Lipinski definition) is 6. The lowest BCUT2D eigenvalue weighted by Gasteiger charge is -2.35. The molecule has 0 spiro atoms. The molecule has 0 amide bonds. The summed E-state index contributed by atoms with van der Waals surface area (Å²) in [5.41, 5.74) is -0.561. The monoisotopic (exact) mass is 466 g/mol. The van der Waals surface area contributed by atoms with E-state index in [4.69, 9.17) is 18.5 Å². The summed E-state index contributed by atoms with van der Waals surface area (Å²) in [5, 5.41) is 0. The van der Waals surface area contributed by atoms with Crippen LogP contribution >= 0.6 is 7.60 Å². The Morgan fingerprint density at radius 1 is 0.875 bits per heavy atom. The molecule has 0 bridgehead atoms. The van der Waals surface area contributed by atoms with Gasteiger partial charge in [-0.3, -0.25) is 9.36 Å². The lowest BCUT2D eigenvalue weighted by atomic mass is 9.98. The number of benzene rings is 1. The van der Waals surface area contributed by atoms with Gasteiger partial charge in [-0.15, -0.1) is 0 Å². The molecule has 1 aromatic rings. The van der Waals surface area contributed by atoms with E-state index in [0.717, 1.165) is 57.1 Å². The van der Waals surface area contributed by atoms with Crippen LogP contribution in [0.15, 0.2) is 30.3 Å². The molecule has 3 rings (SSSR count). The summed E-state index contributed by atoms with van der Waals surface area (Å²) in [6.45, 7) is 3.97. The molecule has 6 nitrogen and oxygen atoms in total. The van der Waals surface area contributed by atoms with E-state index < -0.39 is 25.1 Å². The Morgan fingerprint density at radius 3 is 1.94 bits per heavy atom. The minimum absolute atomic E-state index is 0.0527. The third-order valence-electron chi connectivity index (χ3n) is 6.63. The topological polar surface area (TPSA) is 71.1 Å². The van der Waals surface area contributed by atoms with Crippen LogP contribution in [0, 0.1) is 5.92 Å². The SMILES string of the molecule is CC(C(=O)OCCOc1ccccc1)C(C)P(=O)(OC1CCCCC1)OC1CCCCC1. The molecule has 180 valence electrons. The van der Waals surface area contributed by atoms with E-state index in [-0.39, 0.29) is 25.4 Å². The standard InChI is InChI=1S/C25H39O6P/c1-20(25(26)29-19-18-28-22-12-6-3-7-13-22)21(2)32(27,30-23-14-8-4-9-15-23)31-24-16-10-5-11-17-24/h3,6-7,12-13,20-21,23-24H,4-5,8-11,14-19H2,1-2H3. The molecule has 0 N–H and O–H groups in total. The van der Waals surface area contributed by atoms with Crippen LogP contribution in [-0.2, 0) is 23.1 Å².